The minimum Gasteiger partial charge on any atom is -0.397 e. The van der Waals surface area contributed by atoms with E-state index in [1.54, 1.807) is 72.8 Å². The molecule has 0 aliphatic carbocycles. The zero-order valence-electron chi connectivity index (χ0n) is 18.0. The maximum Gasteiger partial charge on any atom is 0.275 e. The lowest BCUT2D eigenvalue weighted by Gasteiger charge is -2.09. The molecule has 0 unspecified atom stereocenters. The van der Waals surface area contributed by atoms with Crippen LogP contribution in [0.4, 0.5) is 22.7 Å². The zero-order chi connectivity index (χ0) is 23.9. The highest BCUT2D eigenvalue weighted by Crippen LogP contribution is 2.19. The van der Waals surface area contributed by atoms with E-state index in [1.165, 1.54) is 6.20 Å². The van der Waals surface area contributed by atoms with E-state index < -0.39 is 5.91 Å². The third-order valence-corrected chi connectivity index (χ3v) is 4.96. The van der Waals surface area contributed by atoms with Crippen molar-refractivity contribution in [3.8, 4) is 0 Å². The lowest BCUT2D eigenvalue weighted by Crippen LogP contribution is -2.18. The minimum absolute atomic E-state index is 0.119. The molecule has 1 aromatic heterocycles. The van der Waals surface area contributed by atoms with Gasteiger partial charge in [-0.2, -0.15) is 5.10 Å². The van der Waals surface area contributed by atoms with Crippen LogP contribution in [0, 0.1) is 0 Å². The van der Waals surface area contributed by atoms with Crippen LogP contribution in [0.5, 0.6) is 0 Å². The van der Waals surface area contributed by atoms with Gasteiger partial charge in [0.2, 0.25) is 5.91 Å². The van der Waals surface area contributed by atoms with Gasteiger partial charge < -0.3 is 21.7 Å². The molecule has 0 aliphatic rings. The molecule has 0 spiro atoms. The normalized spacial score (nSPS) is 10.4. The van der Waals surface area contributed by atoms with Crippen LogP contribution in [0.2, 0.25) is 0 Å². The maximum atomic E-state index is 12.7. The molecule has 0 saturated heterocycles. The smallest absolute Gasteiger partial charge is 0.275 e. The van der Waals surface area contributed by atoms with Crippen molar-refractivity contribution in [3.05, 3.63) is 102 Å². The first kappa shape index (κ1) is 22.3. The number of carbonyl (C=O) groups excluding carboxylic acids is 3. The first-order chi connectivity index (χ1) is 16.5. The number of hydrogen-bond donors (Lipinski definition) is 5. The molecule has 4 rings (SSSR count). The quantitative estimate of drug-likeness (QED) is 0.271. The molecule has 170 valence electrons. The van der Waals surface area contributed by atoms with Crippen molar-refractivity contribution in [2.24, 2.45) is 0 Å². The van der Waals surface area contributed by atoms with Crippen LogP contribution in [0.1, 0.15) is 26.4 Å². The van der Waals surface area contributed by atoms with E-state index in [0.717, 1.165) is 5.56 Å². The number of nitrogen functional groups attached to an aromatic ring is 1. The molecule has 3 aromatic carbocycles. The fraction of sp³-hybridized carbons (Fsp3) is 0.0400. The fourth-order valence-electron chi connectivity index (χ4n) is 3.23. The van der Waals surface area contributed by atoms with E-state index in [9.17, 15) is 14.4 Å². The van der Waals surface area contributed by atoms with Crippen molar-refractivity contribution < 1.29 is 14.4 Å². The summed E-state index contributed by atoms with van der Waals surface area (Å²) in [7, 11) is 0. The molecule has 1 heterocycles. The number of para-hydroxylation sites is 2. The number of amides is 3. The van der Waals surface area contributed by atoms with Crippen LogP contribution in [0.15, 0.2) is 85.1 Å². The minimum atomic E-state index is -0.467. The molecular formula is C25H22N6O3. The maximum absolute atomic E-state index is 12.7. The first-order valence-corrected chi connectivity index (χ1v) is 10.4. The van der Waals surface area contributed by atoms with Gasteiger partial charge in [-0.1, -0.05) is 42.5 Å². The monoisotopic (exact) mass is 454 g/mol. The van der Waals surface area contributed by atoms with E-state index in [2.05, 4.69) is 26.1 Å². The molecule has 0 aliphatic heterocycles. The number of H-pyrrole nitrogens is 1. The third kappa shape index (κ3) is 5.46. The van der Waals surface area contributed by atoms with Crippen LogP contribution in [-0.4, -0.2) is 27.9 Å². The van der Waals surface area contributed by atoms with Crippen LogP contribution in [0.25, 0.3) is 0 Å². The van der Waals surface area contributed by atoms with Crippen LogP contribution < -0.4 is 21.7 Å². The van der Waals surface area contributed by atoms with Crippen LogP contribution in [-0.2, 0) is 11.2 Å². The average Bonchev–Trinajstić information content (AvgIpc) is 3.30. The lowest BCUT2D eigenvalue weighted by atomic mass is 10.1. The Kier molecular flexibility index (Phi) is 6.64. The summed E-state index contributed by atoms with van der Waals surface area (Å²) in [6, 6.07) is 22.6. The van der Waals surface area contributed by atoms with E-state index >= 15 is 0 Å². The zero-order valence-corrected chi connectivity index (χ0v) is 18.0. The predicted octanol–water partition coefficient (Wildman–Crippen LogP) is 3.68. The molecule has 0 atom stereocenters. The van der Waals surface area contributed by atoms with Crippen LogP contribution >= 0.6 is 0 Å². The SMILES string of the molecule is Nc1ccccc1NC(=O)Cc1ccc(NC(=O)c2[nH]ncc2NC(=O)c2ccccc2)cc1. The van der Waals surface area contributed by atoms with Gasteiger partial charge in [-0.25, -0.2) is 0 Å². The topological polar surface area (TPSA) is 142 Å². The van der Waals surface area contributed by atoms with E-state index in [1.807, 2.05) is 6.07 Å². The van der Waals surface area contributed by atoms with Gasteiger partial charge in [-0.15, -0.1) is 0 Å². The molecule has 0 saturated carbocycles. The molecular weight excluding hydrogens is 432 g/mol. The van der Waals surface area contributed by atoms with Crippen molar-refractivity contribution >= 4 is 40.5 Å². The second-order valence-electron chi connectivity index (χ2n) is 7.44. The van der Waals surface area contributed by atoms with E-state index in [0.29, 0.717) is 22.6 Å². The van der Waals surface area contributed by atoms with Crippen molar-refractivity contribution in [2.45, 2.75) is 6.42 Å². The molecule has 34 heavy (non-hydrogen) atoms. The number of hydrogen-bond acceptors (Lipinski definition) is 5. The highest BCUT2D eigenvalue weighted by atomic mass is 16.2. The molecule has 4 aromatic rings. The summed E-state index contributed by atoms with van der Waals surface area (Å²) in [6.45, 7) is 0. The summed E-state index contributed by atoms with van der Waals surface area (Å²) in [6.07, 6.45) is 1.52. The predicted molar refractivity (Wildman–Crippen MR) is 131 cm³/mol. The summed E-state index contributed by atoms with van der Waals surface area (Å²) >= 11 is 0. The number of aromatic nitrogens is 2. The summed E-state index contributed by atoms with van der Waals surface area (Å²) in [4.78, 5) is 37.4. The number of nitrogens with one attached hydrogen (secondary N) is 4. The highest BCUT2D eigenvalue weighted by Gasteiger charge is 2.17. The highest BCUT2D eigenvalue weighted by molar-refractivity contribution is 6.11. The Balaban J connectivity index is 1.35. The van der Waals surface area contributed by atoms with Gasteiger partial charge in [0.25, 0.3) is 11.8 Å². The summed E-state index contributed by atoms with van der Waals surface area (Å²) in [5.74, 6) is -1.02. The summed E-state index contributed by atoms with van der Waals surface area (Å²) in [5, 5.41) is 14.7. The van der Waals surface area contributed by atoms with Crippen molar-refractivity contribution in [3.63, 3.8) is 0 Å². The molecule has 0 radical (unpaired) electrons. The Morgan fingerprint density at radius 1 is 0.765 bits per heavy atom. The van der Waals surface area contributed by atoms with E-state index in [4.69, 9.17) is 5.73 Å². The number of rotatable bonds is 7. The Hall–Kier alpha value is -4.92. The number of carbonyl (C=O) groups is 3. The molecule has 6 N–H and O–H groups in total. The number of anilines is 4. The van der Waals surface area contributed by atoms with Crippen LogP contribution in [0.3, 0.4) is 0 Å². The number of nitrogens with two attached hydrogens (primary N) is 1. The molecule has 9 heteroatoms. The number of nitrogens with zero attached hydrogens (tertiary/aromatic N) is 1. The van der Waals surface area contributed by atoms with Gasteiger partial charge in [0.05, 0.1) is 29.7 Å². The standard InChI is InChI=1S/C25H22N6O3/c26-19-8-4-5-9-20(19)29-22(32)14-16-10-12-18(13-11-16)28-25(34)23-21(15-27-31-23)30-24(33)17-6-2-1-3-7-17/h1-13,15H,14,26H2,(H,27,31)(H,28,34)(H,29,32)(H,30,33). The second kappa shape index (κ2) is 10.1. The molecule has 0 bridgehead atoms. The Morgan fingerprint density at radius 2 is 1.47 bits per heavy atom. The third-order valence-electron chi connectivity index (χ3n) is 4.96. The van der Waals surface area contributed by atoms with Gasteiger partial charge >= 0.3 is 0 Å². The average molecular weight is 454 g/mol. The van der Waals surface area contributed by atoms with E-state index in [-0.39, 0.29) is 29.6 Å². The van der Waals surface area contributed by atoms with Crippen molar-refractivity contribution in [2.75, 3.05) is 21.7 Å². The molecule has 9 nitrogen and oxygen atoms in total. The fourth-order valence-corrected chi connectivity index (χ4v) is 3.23. The molecule has 0 fully saturated rings. The van der Waals surface area contributed by atoms with Crippen molar-refractivity contribution in [1.29, 1.82) is 0 Å². The van der Waals surface area contributed by atoms with Gasteiger partial charge in [0.15, 0.2) is 0 Å². The lowest BCUT2D eigenvalue weighted by molar-refractivity contribution is -0.115. The molecule has 3 amide bonds. The summed E-state index contributed by atoms with van der Waals surface area (Å²) in [5.41, 5.74) is 9.04. The first-order valence-electron chi connectivity index (χ1n) is 10.4. The second-order valence-corrected chi connectivity index (χ2v) is 7.44. The summed E-state index contributed by atoms with van der Waals surface area (Å²) < 4.78 is 0. The van der Waals surface area contributed by atoms with Crippen molar-refractivity contribution in [1.82, 2.24) is 10.2 Å². The largest absolute Gasteiger partial charge is 0.397 e. The Bertz CT molecular complexity index is 1320. The number of aromatic amines is 1. The Labute approximate surface area is 195 Å². The van der Waals surface area contributed by atoms with Gasteiger partial charge in [-0.3, -0.25) is 19.5 Å². The van der Waals surface area contributed by atoms with Gasteiger partial charge in [0, 0.05) is 11.3 Å². The Morgan fingerprint density at radius 3 is 2.21 bits per heavy atom. The van der Waals surface area contributed by atoms with Gasteiger partial charge in [0.1, 0.15) is 5.69 Å². The number of benzene rings is 3. The van der Waals surface area contributed by atoms with Gasteiger partial charge in [-0.05, 0) is 42.0 Å².